The predicted molar refractivity (Wildman–Crippen MR) is 257 cm³/mol. The quantitative estimate of drug-likeness (QED) is 0.0197. The molecule has 64 heavy (non-hydrogen) atoms. The number of ether oxygens (including phenoxy) is 4. The van der Waals surface area contributed by atoms with Gasteiger partial charge in [0.05, 0.1) is 19.8 Å². The van der Waals surface area contributed by atoms with Crippen molar-refractivity contribution >= 4 is 16.4 Å². The standard InChI is InChI=1S/C51H92O12S/c1-3-5-7-9-11-13-15-17-18-19-20-21-22-23-24-25-26-27-29-31-33-35-37-39-41-59-43-45(44-60-51-49(55)50(63-64(56,57)58)48(54)46(42-52)62-51)61-47(53)40-38-36-34-32-30-28-16-14-12-10-8-6-4-2/h14-17,19-20,22-23,45-46,48-52,54-55H,3-13,18,21,24-44H2,1-2H3,(H,56,57,58)/b16-14-,17-15-,20-19-,23-22-. The highest BCUT2D eigenvalue weighted by atomic mass is 32.3. The summed E-state index contributed by atoms with van der Waals surface area (Å²) in [6.45, 7) is 3.95. The van der Waals surface area contributed by atoms with Crippen molar-refractivity contribution < 1.29 is 56.2 Å². The fourth-order valence-corrected chi connectivity index (χ4v) is 8.07. The van der Waals surface area contributed by atoms with E-state index in [1.54, 1.807) is 0 Å². The maximum atomic E-state index is 12.9. The van der Waals surface area contributed by atoms with E-state index in [1.807, 2.05) is 0 Å². The Morgan fingerprint density at radius 1 is 0.594 bits per heavy atom. The van der Waals surface area contributed by atoms with Crippen LogP contribution >= 0.6 is 0 Å². The number of allylic oxidation sites excluding steroid dienone is 8. The lowest BCUT2D eigenvalue weighted by Crippen LogP contribution is -2.60. The smallest absolute Gasteiger partial charge is 0.397 e. The summed E-state index contributed by atoms with van der Waals surface area (Å²) < 4.78 is 59.2. The molecule has 1 aliphatic rings. The van der Waals surface area contributed by atoms with Gasteiger partial charge in [0.25, 0.3) is 0 Å². The van der Waals surface area contributed by atoms with Crippen molar-refractivity contribution in [2.45, 2.75) is 243 Å². The summed E-state index contributed by atoms with van der Waals surface area (Å²) in [7, 11) is -5.07. The highest BCUT2D eigenvalue weighted by Gasteiger charge is 2.48. The topological polar surface area (TPSA) is 178 Å². The summed E-state index contributed by atoms with van der Waals surface area (Å²) in [6, 6.07) is 0. The van der Waals surface area contributed by atoms with Crippen molar-refractivity contribution in [3.8, 4) is 0 Å². The molecule has 12 nitrogen and oxygen atoms in total. The number of esters is 1. The highest BCUT2D eigenvalue weighted by Crippen LogP contribution is 2.26. The maximum absolute atomic E-state index is 12.9. The van der Waals surface area contributed by atoms with Gasteiger partial charge in [-0.1, -0.05) is 172 Å². The van der Waals surface area contributed by atoms with Crippen LogP contribution in [0.3, 0.4) is 0 Å². The zero-order chi connectivity index (χ0) is 46.8. The number of carbonyl (C=O) groups excluding carboxylic acids is 1. The van der Waals surface area contributed by atoms with Gasteiger partial charge in [-0.3, -0.25) is 9.35 Å². The lowest BCUT2D eigenvalue weighted by Gasteiger charge is -2.41. The minimum absolute atomic E-state index is 0.0283. The monoisotopic (exact) mass is 929 g/mol. The van der Waals surface area contributed by atoms with Gasteiger partial charge in [0.15, 0.2) is 6.29 Å². The Morgan fingerprint density at radius 2 is 1.03 bits per heavy atom. The van der Waals surface area contributed by atoms with Crippen LogP contribution in [-0.4, -0.2) is 97.5 Å². The van der Waals surface area contributed by atoms with Gasteiger partial charge in [-0.05, 0) is 77.0 Å². The van der Waals surface area contributed by atoms with Crippen LogP contribution in [0.25, 0.3) is 0 Å². The molecule has 1 saturated heterocycles. The molecule has 0 spiro atoms. The molecule has 0 aromatic rings. The van der Waals surface area contributed by atoms with Gasteiger partial charge in [-0.15, -0.1) is 0 Å². The number of hydrogen-bond acceptors (Lipinski definition) is 11. The molecule has 1 heterocycles. The molecule has 0 bridgehead atoms. The number of rotatable bonds is 44. The van der Waals surface area contributed by atoms with Crippen molar-refractivity contribution in [2.75, 3.05) is 26.4 Å². The van der Waals surface area contributed by atoms with E-state index in [0.29, 0.717) is 13.0 Å². The molecule has 0 aromatic carbocycles. The third-order valence-corrected chi connectivity index (χ3v) is 11.9. The van der Waals surface area contributed by atoms with Gasteiger partial charge < -0.3 is 34.3 Å². The van der Waals surface area contributed by atoms with Crippen LogP contribution < -0.4 is 0 Å². The molecule has 6 unspecified atom stereocenters. The van der Waals surface area contributed by atoms with Crippen LogP contribution in [0.5, 0.6) is 0 Å². The van der Waals surface area contributed by atoms with Crippen molar-refractivity contribution in [1.29, 1.82) is 0 Å². The van der Waals surface area contributed by atoms with Gasteiger partial charge in [0.2, 0.25) is 0 Å². The van der Waals surface area contributed by atoms with Gasteiger partial charge in [-0.25, -0.2) is 4.18 Å². The Balaban J connectivity index is 2.34. The molecule has 0 radical (unpaired) electrons. The summed E-state index contributed by atoms with van der Waals surface area (Å²) in [5.74, 6) is -0.411. The lowest BCUT2D eigenvalue weighted by molar-refractivity contribution is -0.301. The first-order valence-corrected chi connectivity index (χ1v) is 26.8. The van der Waals surface area contributed by atoms with E-state index >= 15 is 0 Å². The van der Waals surface area contributed by atoms with E-state index < -0.39 is 59.8 Å². The Hall–Kier alpha value is -1.94. The van der Waals surface area contributed by atoms with Gasteiger partial charge in [-0.2, -0.15) is 8.42 Å². The Morgan fingerprint density at radius 3 is 1.53 bits per heavy atom. The average Bonchev–Trinajstić information content (AvgIpc) is 3.27. The van der Waals surface area contributed by atoms with E-state index in [-0.39, 0.29) is 19.6 Å². The molecule has 1 aliphatic heterocycles. The molecule has 0 aliphatic carbocycles. The van der Waals surface area contributed by atoms with Crippen LogP contribution in [0.2, 0.25) is 0 Å². The summed E-state index contributed by atoms with van der Waals surface area (Å²) in [5, 5.41) is 30.7. The van der Waals surface area contributed by atoms with Crippen LogP contribution in [0.1, 0.15) is 206 Å². The molecule has 374 valence electrons. The Kier molecular flexibility index (Phi) is 39.8. The molecule has 13 heteroatoms. The third kappa shape index (κ3) is 35.3. The van der Waals surface area contributed by atoms with Crippen LogP contribution in [0, 0.1) is 0 Å². The average molecular weight is 929 g/mol. The van der Waals surface area contributed by atoms with E-state index in [4.69, 9.17) is 18.9 Å². The van der Waals surface area contributed by atoms with E-state index in [1.165, 1.54) is 103 Å². The first kappa shape index (κ1) is 60.1. The van der Waals surface area contributed by atoms with Crippen molar-refractivity contribution in [3.05, 3.63) is 48.6 Å². The normalized spacial score (nSPS) is 20.1. The summed E-state index contributed by atoms with van der Waals surface area (Å²) >= 11 is 0. The second kappa shape index (κ2) is 42.4. The fourth-order valence-electron chi connectivity index (χ4n) is 7.56. The largest absolute Gasteiger partial charge is 0.457 e. The number of aliphatic hydroxyl groups is 3. The minimum atomic E-state index is -5.07. The molecule has 4 N–H and O–H groups in total. The molecule has 0 amide bonds. The van der Waals surface area contributed by atoms with E-state index in [0.717, 1.165) is 77.0 Å². The van der Waals surface area contributed by atoms with Crippen LogP contribution in [0.4, 0.5) is 0 Å². The zero-order valence-electron chi connectivity index (χ0n) is 40.1. The second-order valence-electron chi connectivity index (χ2n) is 17.4. The highest BCUT2D eigenvalue weighted by molar-refractivity contribution is 7.80. The first-order chi connectivity index (χ1) is 31.1. The van der Waals surface area contributed by atoms with Gasteiger partial charge >= 0.3 is 16.4 Å². The minimum Gasteiger partial charge on any atom is -0.457 e. The summed E-state index contributed by atoms with van der Waals surface area (Å²) in [5.41, 5.74) is 0. The van der Waals surface area contributed by atoms with E-state index in [2.05, 4.69) is 66.6 Å². The number of unbranched alkanes of at least 4 members (excludes halogenated alkanes) is 23. The SMILES string of the molecule is CCCCCC/C=C\CCCCCCCC(=O)OC(COCCCCCCCCCCC/C=C\C/C=C\C/C=C\CCCCCCC)COC1OC(CO)C(O)C(OS(=O)(=O)O)C1O. The van der Waals surface area contributed by atoms with Gasteiger partial charge in [0, 0.05) is 13.0 Å². The molecular formula is C51H92O12S. The number of carbonyl (C=O) groups is 1. The number of aliphatic hydroxyl groups excluding tert-OH is 3. The van der Waals surface area contributed by atoms with Crippen LogP contribution in [0.15, 0.2) is 48.6 Å². The molecular weight excluding hydrogens is 837 g/mol. The van der Waals surface area contributed by atoms with Gasteiger partial charge in [0.1, 0.15) is 30.5 Å². The van der Waals surface area contributed by atoms with Crippen molar-refractivity contribution in [1.82, 2.24) is 0 Å². The first-order valence-electron chi connectivity index (χ1n) is 25.4. The molecule has 1 fully saturated rings. The van der Waals surface area contributed by atoms with Crippen molar-refractivity contribution in [2.24, 2.45) is 0 Å². The number of hydrogen-bond donors (Lipinski definition) is 4. The molecule has 6 atom stereocenters. The summed E-state index contributed by atoms with van der Waals surface area (Å²) in [6.07, 6.45) is 42.9. The van der Waals surface area contributed by atoms with Crippen molar-refractivity contribution in [3.63, 3.8) is 0 Å². The third-order valence-electron chi connectivity index (χ3n) is 11.4. The van der Waals surface area contributed by atoms with Crippen LogP contribution in [-0.2, 0) is 38.3 Å². The molecule has 0 saturated carbocycles. The Bertz CT molecular complexity index is 1300. The second-order valence-corrected chi connectivity index (χ2v) is 18.4. The molecule has 0 aromatic heterocycles. The lowest BCUT2D eigenvalue weighted by atomic mass is 9.99. The predicted octanol–water partition coefficient (Wildman–Crippen LogP) is 11.5. The van der Waals surface area contributed by atoms with E-state index in [9.17, 15) is 33.1 Å². The molecule has 1 rings (SSSR count). The fraction of sp³-hybridized carbons (Fsp3) is 0.824. The summed E-state index contributed by atoms with van der Waals surface area (Å²) in [4.78, 5) is 12.9. The Labute approximate surface area is 389 Å². The zero-order valence-corrected chi connectivity index (χ0v) is 40.9. The maximum Gasteiger partial charge on any atom is 0.397 e.